The maximum absolute atomic E-state index is 2.61. The maximum atomic E-state index is 2.61. The molecule has 0 nitrogen and oxygen atoms in total. The number of hydrogen-bond acceptors (Lipinski definition) is 0. The molecule has 0 bridgehead atoms. The summed E-state index contributed by atoms with van der Waals surface area (Å²) in [5, 5.41) is 0. The van der Waals surface area contributed by atoms with Gasteiger partial charge >= 0.3 is 0 Å². The zero-order valence-electron chi connectivity index (χ0n) is 28.2. The van der Waals surface area contributed by atoms with E-state index in [9.17, 15) is 0 Å². The Morgan fingerprint density at radius 3 is 1.40 bits per heavy atom. The van der Waals surface area contributed by atoms with Crippen LogP contribution in [0.4, 0.5) is 0 Å². The standard InChI is InChI=1S/C47H40/c1-44(2)41-26-35-29-15-7-8-19-34(29)43(36(35)27-42(41)45(3,4)46(44,5)6)28-23-24-33-32-18-11-14-22-39(32)47(40(33)25-28)37-20-12-9-16-30(37)31-17-10-13-21-38(31)47/h7-27,43H,1-6H3. The Labute approximate surface area is 279 Å². The third-order valence-corrected chi connectivity index (χ3v) is 13.9. The molecule has 4 aliphatic carbocycles. The molecule has 6 aromatic carbocycles. The van der Waals surface area contributed by atoms with Crippen molar-refractivity contribution in [3.05, 3.63) is 177 Å². The van der Waals surface area contributed by atoms with Crippen LogP contribution in [0.2, 0.25) is 0 Å². The van der Waals surface area contributed by atoms with Gasteiger partial charge in [0.1, 0.15) is 0 Å². The molecule has 47 heavy (non-hydrogen) atoms. The van der Waals surface area contributed by atoms with E-state index in [-0.39, 0.29) is 27.6 Å². The van der Waals surface area contributed by atoms with Gasteiger partial charge in [0.05, 0.1) is 5.41 Å². The van der Waals surface area contributed by atoms with E-state index in [1.165, 1.54) is 83.5 Å². The molecule has 0 heteroatoms. The van der Waals surface area contributed by atoms with Gasteiger partial charge < -0.3 is 0 Å². The summed E-state index contributed by atoms with van der Waals surface area (Å²) < 4.78 is 0. The van der Waals surface area contributed by atoms with Crippen molar-refractivity contribution in [2.75, 3.05) is 0 Å². The van der Waals surface area contributed by atoms with E-state index in [1.807, 2.05) is 0 Å². The molecule has 0 heterocycles. The lowest BCUT2D eigenvalue weighted by Gasteiger charge is -2.44. The molecule has 0 N–H and O–H groups in total. The number of hydrogen-bond donors (Lipinski definition) is 0. The van der Waals surface area contributed by atoms with E-state index in [0.29, 0.717) is 0 Å². The number of rotatable bonds is 1. The lowest BCUT2D eigenvalue weighted by molar-refractivity contribution is 0.125. The second-order valence-electron chi connectivity index (χ2n) is 16.1. The van der Waals surface area contributed by atoms with Gasteiger partial charge in [-0.1, -0.05) is 163 Å². The molecule has 0 amide bonds. The fraction of sp³-hybridized carbons (Fsp3) is 0.234. The predicted molar refractivity (Wildman–Crippen MR) is 195 cm³/mol. The molecule has 4 aliphatic rings. The molecule has 1 spiro atoms. The smallest absolute Gasteiger partial charge is 0.0619 e. The van der Waals surface area contributed by atoms with E-state index in [1.54, 1.807) is 0 Å². The van der Waals surface area contributed by atoms with Crippen molar-refractivity contribution in [1.82, 2.24) is 0 Å². The Balaban J connectivity index is 1.26. The zero-order valence-corrected chi connectivity index (χ0v) is 28.2. The van der Waals surface area contributed by atoms with Crippen LogP contribution in [0, 0.1) is 5.41 Å². The van der Waals surface area contributed by atoms with Gasteiger partial charge in [0.15, 0.2) is 0 Å². The summed E-state index contributed by atoms with van der Waals surface area (Å²) in [5.74, 6) is 0.187. The molecule has 0 aliphatic heterocycles. The molecule has 228 valence electrons. The van der Waals surface area contributed by atoms with E-state index >= 15 is 0 Å². The normalized spacial score (nSPS) is 20.2. The van der Waals surface area contributed by atoms with Crippen molar-refractivity contribution < 1.29 is 0 Å². The minimum absolute atomic E-state index is 0.0566. The van der Waals surface area contributed by atoms with E-state index in [2.05, 4.69) is 169 Å². The van der Waals surface area contributed by atoms with Crippen LogP contribution in [0.1, 0.15) is 97.5 Å². The molecule has 0 radical (unpaired) electrons. The molecule has 0 saturated carbocycles. The molecule has 10 rings (SSSR count). The average Bonchev–Trinajstić information content (AvgIpc) is 3.71. The molecule has 0 saturated heterocycles. The summed E-state index contributed by atoms with van der Waals surface area (Å²) in [5.41, 5.74) is 21.1. The summed E-state index contributed by atoms with van der Waals surface area (Å²) >= 11 is 0. The zero-order chi connectivity index (χ0) is 32.1. The Morgan fingerprint density at radius 1 is 0.362 bits per heavy atom. The van der Waals surface area contributed by atoms with Crippen molar-refractivity contribution in [2.24, 2.45) is 5.41 Å². The topological polar surface area (TPSA) is 0 Å². The summed E-state index contributed by atoms with van der Waals surface area (Å²) in [6, 6.07) is 49.2. The summed E-state index contributed by atoms with van der Waals surface area (Å²) in [6.45, 7) is 14.8. The minimum Gasteiger partial charge on any atom is -0.0619 e. The Hall–Kier alpha value is -4.68. The molecular formula is C47H40. The minimum atomic E-state index is -0.329. The third-order valence-electron chi connectivity index (χ3n) is 13.9. The van der Waals surface area contributed by atoms with Gasteiger partial charge in [0.25, 0.3) is 0 Å². The van der Waals surface area contributed by atoms with Crippen LogP contribution in [0.15, 0.2) is 127 Å². The van der Waals surface area contributed by atoms with Gasteiger partial charge in [-0.05, 0) is 106 Å². The van der Waals surface area contributed by atoms with Crippen molar-refractivity contribution in [2.45, 2.75) is 63.7 Å². The van der Waals surface area contributed by atoms with Crippen LogP contribution in [0.5, 0.6) is 0 Å². The van der Waals surface area contributed by atoms with Gasteiger partial charge in [-0.3, -0.25) is 0 Å². The van der Waals surface area contributed by atoms with Crippen LogP contribution in [0.3, 0.4) is 0 Å². The first-order valence-corrected chi connectivity index (χ1v) is 17.3. The summed E-state index contributed by atoms with van der Waals surface area (Å²) in [4.78, 5) is 0. The largest absolute Gasteiger partial charge is 0.0725 e. The predicted octanol–water partition coefficient (Wildman–Crippen LogP) is 11.8. The van der Waals surface area contributed by atoms with Crippen LogP contribution >= 0.6 is 0 Å². The average molecular weight is 605 g/mol. The first kappa shape index (κ1) is 27.4. The number of fused-ring (bicyclic) bond motifs is 14. The Bertz CT molecular complexity index is 2280. The second-order valence-corrected chi connectivity index (χ2v) is 16.1. The highest BCUT2D eigenvalue weighted by Crippen LogP contribution is 2.65. The van der Waals surface area contributed by atoms with Crippen LogP contribution in [-0.4, -0.2) is 0 Å². The highest BCUT2D eigenvalue weighted by Gasteiger charge is 2.57. The highest BCUT2D eigenvalue weighted by atomic mass is 14.6. The fourth-order valence-electron chi connectivity index (χ4n) is 10.4. The van der Waals surface area contributed by atoms with Crippen LogP contribution in [-0.2, 0) is 16.2 Å². The van der Waals surface area contributed by atoms with Crippen molar-refractivity contribution in [1.29, 1.82) is 0 Å². The first-order valence-electron chi connectivity index (χ1n) is 17.3. The van der Waals surface area contributed by atoms with Gasteiger partial charge in [0.2, 0.25) is 0 Å². The van der Waals surface area contributed by atoms with Gasteiger partial charge in [-0.2, -0.15) is 0 Å². The third kappa shape index (κ3) is 2.98. The molecule has 0 aromatic heterocycles. The second kappa shape index (κ2) is 8.61. The molecule has 1 atom stereocenters. The summed E-state index contributed by atoms with van der Waals surface area (Å²) in [6.07, 6.45) is 0. The van der Waals surface area contributed by atoms with Crippen molar-refractivity contribution in [3.63, 3.8) is 0 Å². The van der Waals surface area contributed by atoms with Gasteiger partial charge in [-0.15, -0.1) is 0 Å². The van der Waals surface area contributed by atoms with E-state index in [0.717, 1.165) is 0 Å². The quantitative estimate of drug-likeness (QED) is 0.175. The highest BCUT2D eigenvalue weighted by molar-refractivity contribution is 5.95. The lowest BCUT2D eigenvalue weighted by Crippen LogP contribution is -2.42. The van der Waals surface area contributed by atoms with Crippen LogP contribution < -0.4 is 0 Å². The first-order chi connectivity index (χ1) is 22.6. The van der Waals surface area contributed by atoms with Crippen LogP contribution in [0.25, 0.3) is 33.4 Å². The summed E-state index contributed by atoms with van der Waals surface area (Å²) in [7, 11) is 0. The Morgan fingerprint density at radius 2 is 0.830 bits per heavy atom. The van der Waals surface area contributed by atoms with Gasteiger partial charge in [0, 0.05) is 5.92 Å². The lowest BCUT2D eigenvalue weighted by atomic mass is 9.59. The SMILES string of the molecule is CC1(C)c2cc3c(cc2C(C)(C)C1(C)C)C(c1ccc2c(c1)C1(c4ccccc4-c4ccccc41)c1ccccc1-2)c1ccccc1-3. The number of benzene rings is 6. The maximum Gasteiger partial charge on any atom is 0.0725 e. The van der Waals surface area contributed by atoms with Crippen molar-refractivity contribution >= 4 is 0 Å². The monoisotopic (exact) mass is 604 g/mol. The molecular weight excluding hydrogens is 565 g/mol. The molecule has 6 aromatic rings. The van der Waals surface area contributed by atoms with Crippen molar-refractivity contribution in [3.8, 4) is 33.4 Å². The van der Waals surface area contributed by atoms with E-state index in [4.69, 9.17) is 0 Å². The van der Waals surface area contributed by atoms with E-state index < -0.39 is 0 Å². The molecule has 0 fully saturated rings. The fourth-order valence-corrected chi connectivity index (χ4v) is 10.4. The Kier molecular flexibility index (Phi) is 5.03. The molecule has 1 unspecified atom stereocenters. The van der Waals surface area contributed by atoms with Gasteiger partial charge in [-0.25, -0.2) is 0 Å².